The predicted octanol–water partition coefficient (Wildman–Crippen LogP) is 3.30. The Morgan fingerprint density at radius 2 is 1.47 bits per heavy atom. The highest BCUT2D eigenvalue weighted by atomic mass is 35.5. The van der Waals surface area contributed by atoms with Crippen molar-refractivity contribution in [1.29, 1.82) is 0 Å². The van der Waals surface area contributed by atoms with E-state index in [9.17, 15) is 0 Å². The Morgan fingerprint density at radius 3 is 1.95 bits per heavy atom. The van der Waals surface area contributed by atoms with E-state index in [0.717, 1.165) is 0 Å². The van der Waals surface area contributed by atoms with Crippen LogP contribution in [0.4, 0.5) is 0 Å². The Bertz CT molecular complexity index is 487. The minimum Gasteiger partial charge on any atom is -0.496 e. The Morgan fingerprint density at radius 1 is 1.00 bits per heavy atom. The molecule has 0 atom stereocenters. The lowest BCUT2D eigenvalue weighted by Gasteiger charge is -2.32. The van der Waals surface area contributed by atoms with Gasteiger partial charge in [0.1, 0.15) is 5.75 Å². The Labute approximate surface area is 124 Å². The van der Waals surface area contributed by atoms with Crippen LogP contribution in [0.25, 0.3) is 0 Å². The van der Waals surface area contributed by atoms with Crippen LogP contribution in [0.5, 0.6) is 5.75 Å². The van der Waals surface area contributed by atoms with Gasteiger partial charge in [-0.05, 0) is 39.8 Å². The number of methoxy groups -OCH3 is 1. The van der Waals surface area contributed by atoms with Crippen molar-refractivity contribution in [3.63, 3.8) is 0 Å². The molecule has 3 nitrogen and oxygen atoms in total. The molecule has 0 N–H and O–H groups in total. The summed E-state index contributed by atoms with van der Waals surface area (Å²) in [6, 6.07) is 3.41. The van der Waals surface area contributed by atoms with Crippen molar-refractivity contribution >= 4 is 35.8 Å². The molecule has 0 unspecified atom stereocenters. The van der Waals surface area contributed by atoms with Gasteiger partial charge in [0.05, 0.1) is 23.3 Å². The maximum absolute atomic E-state index is 6.25. The van der Waals surface area contributed by atoms with Gasteiger partial charge in [0, 0.05) is 10.5 Å². The van der Waals surface area contributed by atoms with E-state index < -0.39 is 18.3 Å². The summed E-state index contributed by atoms with van der Waals surface area (Å²) < 4.78 is 17.3. The van der Waals surface area contributed by atoms with E-state index in [2.05, 4.69) is 0 Å². The molecule has 1 aliphatic rings. The minimum absolute atomic E-state index is 0.436. The largest absolute Gasteiger partial charge is 0.500 e. The fourth-order valence-corrected chi connectivity index (χ4v) is 2.42. The molecular weight excluding hydrogens is 286 g/mol. The summed E-state index contributed by atoms with van der Waals surface area (Å²) in [5.74, 6) is 0.493. The molecule has 0 aromatic heterocycles. The Hall–Kier alpha value is -0.415. The third kappa shape index (κ3) is 2.47. The summed E-state index contributed by atoms with van der Waals surface area (Å²) in [6.07, 6.45) is 0. The second-order valence-corrected chi connectivity index (χ2v) is 6.38. The van der Waals surface area contributed by atoms with Gasteiger partial charge < -0.3 is 14.0 Å². The van der Waals surface area contributed by atoms with Crippen molar-refractivity contribution in [1.82, 2.24) is 0 Å². The predicted molar refractivity (Wildman–Crippen MR) is 78.7 cm³/mol. The van der Waals surface area contributed by atoms with Gasteiger partial charge in [0.25, 0.3) is 0 Å². The first-order valence-electron chi connectivity index (χ1n) is 6.07. The SMILES string of the molecule is COc1c(Cl)ccc(Cl)c1B1OC(C)(C)C(C)(C)O1. The number of rotatable bonds is 2. The summed E-state index contributed by atoms with van der Waals surface area (Å²) in [5.41, 5.74) is -0.238. The first kappa shape index (κ1) is 15.0. The van der Waals surface area contributed by atoms with Gasteiger partial charge >= 0.3 is 7.12 Å². The molecule has 1 saturated heterocycles. The first-order chi connectivity index (χ1) is 8.69. The summed E-state index contributed by atoms with van der Waals surface area (Å²) >= 11 is 12.4. The van der Waals surface area contributed by atoms with Crippen molar-refractivity contribution in [2.75, 3.05) is 7.11 Å². The lowest BCUT2D eigenvalue weighted by molar-refractivity contribution is 0.00578. The smallest absolute Gasteiger partial charge is 0.496 e. The van der Waals surface area contributed by atoms with E-state index in [1.54, 1.807) is 19.2 Å². The fraction of sp³-hybridized carbons (Fsp3) is 0.538. The van der Waals surface area contributed by atoms with Gasteiger partial charge in [-0.1, -0.05) is 23.2 Å². The summed E-state index contributed by atoms with van der Waals surface area (Å²) in [4.78, 5) is 0. The molecule has 19 heavy (non-hydrogen) atoms. The molecule has 0 bridgehead atoms. The number of hydrogen-bond acceptors (Lipinski definition) is 3. The zero-order valence-electron chi connectivity index (χ0n) is 11.7. The standard InChI is InChI=1S/C13H17BCl2O3/c1-12(2)13(3,4)19-14(18-12)10-8(15)6-7-9(16)11(10)17-5/h6-7H,1-5H3. The highest BCUT2D eigenvalue weighted by Crippen LogP contribution is 2.38. The van der Waals surface area contributed by atoms with Gasteiger partial charge in [0.2, 0.25) is 0 Å². The number of benzene rings is 1. The minimum atomic E-state index is -0.592. The lowest BCUT2D eigenvalue weighted by Crippen LogP contribution is -2.41. The van der Waals surface area contributed by atoms with E-state index in [1.165, 1.54) is 0 Å². The topological polar surface area (TPSA) is 27.7 Å². The second-order valence-electron chi connectivity index (χ2n) is 5.56. The van der Waals surface area contributed by atoms with E-state index in [-0.39, 0.29) is 0 Å². The van der Waals surface area contributed by atoms with Crippen molar-refractivity contribution in [3.05, 3.63) is 22.2 Å². The summed E-state index contributed by atoms with van der Waals surface area (Å²) in [6.45, 7) is 7.94. The normalized spacial score (nSPS) is 20.7. The van der Waals surface area contributed by atoms with Gasteiger partial charge in [-0.3, -0.25) is 0 Å². The van der Waals surface area contributed by atoms with Crippen LogP contribution >= 0.6 is 23.2 Å². The van der Waals surface area contributed by atoms with E-state index >= 15 is 0 Å². The second kappa shape index (κ2) is 4.85. The Balaban J connectivity index is 2.48. The highest BCUT2D eigenvalue weighted by molar-refractivity contribution is 6.67. The van der Waals surface area contributed by atoms with Crippen molar-refractivity contribution in [3.8, 4) is 5.75 Å². The van der Waals surface area contributed by atoms with Crippen LogP contribution in [0.2, 0.25) is 10.0 Å². The third-order valence-corrected chi connectivity index (χ3v) is 4.42. The number of hydrogen-bond donors (Lipinski definition) is 0. The average molecular weight is 303 g/mol. The van der Waals surface area contributed by atoms with Crippen molar-refractivity contribution < 1.29 is 14.0 Å². The summed E-state index contributed by atoms with van der Waals surface area (Å²) in [5, 5.41) is 0.997. The fourth-order valence-electron chi connectivity index (χ4n) is 1.94. The van der Waals surface area contributed by atoms with E-state index in [1.807, 2.05) is 27.7 Å². The van der Waals surface area contributed by atoms with E-state index in [4.69, 9.17) is 37.2 Å². The maximum Gasteiger partial charge on any atom is 0.500 e. The van der Waals surface area contributed by atoms with Gasteiger partial charge in [0.15, 0.2) is 0 Å². The van der Waals surface area contributed by atoms with Crippen LogP contribution in [0.1, 0.15) is 27.7 Å². The number of halogens is 2. The van der Waals surface area contributed by atoms with Crippen molar-refractivity contribution in [2.45, 2.75) is 38.9 Å². The quantitative estimate of drug-likeness (QED) is 0.785. The molecule has 0 amide bonds. The van der Waals surface area contributed by atoms with Crippen LogP contribution < -0.4 is 10.2 Å². The monoisotopic (exact) mass is 302 g/mol. The van der Waals surface area contributed by atoms with Crippen LogP contribution in [0, 0.1) is 0 Å². The zero-order chi connectivity index (χ0) is 14.4. The van der Waals surface area contributed by atoms with Crippen molar-refractivity contribution in [2.24, 2.45) is 0 Å². The zero-order valence-corrected chi connectivity index (χ0v) is 13.2. The van der Waals surface area contributed by atoms with Crippen LogP contribution in [-0.2, 0) is 9.31 Å². The molecule has 1 aromatic rings. The molecule has 1 aromatic carbocycles. The molecule has 1 heterocycles. The average Bonchev–Trinajstić information content (AvgIpc) is 2.50. The molecule has 6 heteroatoms. The van der Waals surface area contributed by atoms with Gasteiger partial charge in [-0.15, -0.1) is 0 Å². The Kier molecular flexibility index (Phi) is 3.82. The molecule has 1 fully saturated rings. The first-order valence-corrected chi connectivity index (χ1v) is 6.83. The molecule has 2 rings (SSSR count). The number of ether oxygens (including phenoxy) is 1. The molecule has 0 aliphatic carbocycles. The van der Waals surface area contributed by atoms with Crippen LogP contribution in [-0.4, -0.2) is 25.4 Å². The van der Waals surface area contributed by atoms with Crippen LogP contribution in [0.15, 0.2) is 12.1 Å². The molecule has 0 saturated carbocycles. The molecular formula is C13H17BCl2O3. The molecule has 0 radical (unpaired) electrons. The lowest BCUT2D eigenvalue weighted by atomic mass is 9.78. The van der Waals surface area contributed by atoms with Crippen LogP contribution in [0.3, 0.4) is 0 Å². The third-order valence-electron chi connectivity index (χ3n) is 3.79. The highest BCUT2D eigenvalue weighted by Gasteiger charge is 2.53. The van der Waals surface area contributed by atoms with E-state index in [0.29, 0.717) is 21.3 Å². The maximum atomic E-state index is 6.25. The van der Waals surface area contributed by atoms with Gasteiger partial charge in [-0.2, -0.15) is 0 Å². The summed E-state index contributed by atoms with van der Waals surface area (Å²) in [7, 11) is 0.956. The molecule has 104 valence electrons. The molecule has 1 aliphatic heterocycles. The molecule has 0 spiro atoms. The van der Waals surface area contributed by atoms with Gasteiger partial charge in [-0.25, -0.2) is 0 Å².